The van der Waals surface area contributed by atoms with Crippen LogP contribution in [0.25, 0.3) is 0 Å². The van der Waals surface area contributed by atoms with E-state index in [1.54, 1.807) is 31.4 Å². The maximum absolute atomic E-state index is 13.5. The largest absolute Gasteiger partial charge is 0.497 e. The van der Waals surface area contributed by atoms with Gasteiger partial charge in [-0.1, -0.05) is 55.0 Å². The van der Waals surface area contributed by atoms with Gasteiger partial charge in [-0.25, -0.2) is 8.42 Å². The highest BCUT2D eigenvalue weighted by atomic mass is 32.2. The fourth-order valence-corrected chi connectivity index (χ4v) is 5.24. The van der Waals surface area contributed by atoms with Crippen molar-refractivity contribution in [2.45, 2.75) is 38.1 Å². The fourth-order valence-electron chi connectivity index (χ4n) is 3.73. The summed E-state index contributed by atoms with van der Waals surface area (Å²) in [6.07, 6.45) is 0.660. The van der Waals surface area contributed by atoms with E-state index in [0.29, 0.717) is 12.1 Å². The molecule has 1 unspecified atom stereocenters. The van der Waals surface area contributed by atoms with Gasteiger partial charge in [0.2, 0.25) is 5.91 Å². The zero-order chi connectivity index (χ0) is 24.0. The molecule has 0 radical (unpaired) electrons. The van der Waals surface area contributed by atoms with Crippen LogP contribution in [0.3, 0.4) is 0 Å². The zero-order valence-electron chi connectivity index (χ0n) is 19.4. The van der Waals surface area contributed by atoms with E-state index in [9.17, 15) is 13.2 Å². The lowest BCUT2D eigenvalue weighted by atomic mass is 10.0. The Bertz CT molecular complexity index is 1190. The number of carbonyl (C=O) groups is 1. The molecule has 7 heteroatoms. The molecule has 0 saturated heterocycles. The Morgan fingerprint density at radius 1 is 1.00 bits per heavy atom. The number of anilines is 1. The molecule has 1 amide bonds. The van der Waals surface area contributed by atoms with Crippen molar-refractivity contribution in [1.82, 2.24) is 5.32 Å². The van der Waals surface area contributed by atoms with Gasteiger partial charge in [-0.05, 0) is 61.7 Å². The molecule has 3 aromatic carbocycles. The second-order valence-electron chi connectivity index (χ2n) is 7.92. The number of ether oxygens (including phenoxy) is 1. The number of hydrogen-bond acceptors (Lipinski definition) is 4. The number of aryl methyl sites for hydroxylation is 2. The van der Waals surface area contributed by atoms with Crippen molar-refractivity contribution in [3.05, 3.63) is 89.5 Å². The van der Waals surface area contributed by atoms with Crippen LogP contribution in [0.5, 0.6) is 5.75 Å². The third-order valence-corrected chi connectivity index (χ3v) is 7.27. The van der Waals surface area contributed by atoms with Crippen LogP contribution in [0.4, 0.5) is 5.69 Å². The van der Waals surface area contributed by atoms with Crippen LogP contribution in [-0.2, 0) is 14.8 Å². The molecule has 174 valence electrons. The maximum Gasteiger partial charge on any atom is 0.264 e. The van der Waals surface area contributed by atoms with Gasteiger partial charge in [0.1, 0.15) is 12.3 Å². The topological polar surface area (TPSA) is 75.7 Å². The number of hydrogen-bond donors (Lipinski definition) is 1. The van der Waals surface area contributed by atoms with Crippen LogP contribution >= 0.6 is 0 Å². The van der Waals surface area contributed by atoms with Gasteiger partial charge >= 0.3 is 0 Å². The van der Waals surface area contributed by atoms with Crippen LogP contribution in [0.15, 0.2) is 77.7 Å². The normalized spacial score (nSPS) is 12.1. The zero-order valence-corrected chi connectivity index (χ0v) is 20.2. The summed E-state index contributed by atoms with van der Waals surface area (Å²) < 4.78 is 33.5. The molecule has 0 bridgehead atoms. The number of amides is 1. The van der Waals surface area contributed by atoms with E-state index in [-0.39, 0.29) is 23.4 Å². The second kappa shape index (κ2) is 10.5. The molecule has 0 heterocycles. The molecule has 0 saturated carbocycles. The summed E-state index contributed by atoms with van der Waals surface area (Å²) in [7, 11) is -2.34. The molecule has 0 aliphatic heterocycles. The fraction of sp³-hybridized carbons (Fsp3) is 0.269. The highest BCUT2D eigenvalue weighted by Gasteiger charge is 2.29. The Labute approximate surface area is 196 Å². The summed E-state index contributed by atoms with van der Waals surface area (Å²) in [5.74, 6) is 0.354. The minimum atomic E-state index is -3.94. The van der Waals surface area contributed by atoms with Crippen LogP contribution < -0.4 is 14.4 Å². The molecule has 0 aliphatic rings. The first-order valence-electron chi connectivity index (χ1n) is 10.8. The molecule has 33 heavy (non-hydrogen) atoms. The molecule has 0 aliphatic carbocycles. The summed E-state index contributed by atoms with van der Waals surface area (Å²) >= 11 is 0. The van der Waals surface area contributed by atoms with Gasteiger partial charge in [0.15, 0.2) is 0 Å². The standard InChI is InChI=1S/C26H30N2O4S/c1-5-24(21-12-14-22(32-4)15-13-21)27-26(29)18-28(25-16-11-19(2)17-20(25)3)33(30,31)23-9-7-6-8-10-23/h6-17,24H,5,18H2,1-4H3,(H,27,29). The maximum atomic E-state index is 13.5. The molecule has 1 N–H and O–H groups in total. The van der Waals surface area contributed by atoms with Crippen molar-refractivity contribution < 1.29 is 17.9 Å². The first-order valence-corrected chi connectivity index (χ1v) is 12.3. The summed E-state index contributed by atoms with van der Waals surface area (Å²) in [4.78, 5) is 13.2. The van der Waals surface area contributed by atoms with Gasteiger partial charge in [-0.3, -0.25) is 9.10 Å². The Balaban J connectivity index is 1.91. The SMILES string of the molecule is CCC(NC(=O)CN(c1ccc(C)cc1C)S(=O)(=O)c1ccccc1)c1ccc(OC)cc1. The highest BCUT2D eigenvalue weighted by molar-refractivity contribution is 7.92. The van der Waals surface area contributed by atoms with Gasteiger partial charge in [0, 0.05) is 0 Å². The third kappa shape index (κ3) is 5.73. The van der Waals surface area contributed by atoms with E-state index >= 15 is 0 Å². The summed E-state index contributed by atoms with van der Waals surface area (Å²) in [5, 5.41) is 2.99. The van der Waals surface area contributed by atoms with Crippen molar-refractivity contribution in [3.8, 4) is 5.75 Å². The third-order valence-electron chi connectivity index (χ3n) is 5.50. The van der Waals surface area contributed by atoms with Gasteiger partial charge in [0.25, 0.3) is 10.0 Å². The Kier molecular flexibility index (Phi) is 7.76. The van der Waals surface area contributed by atoms with E-state index in [1.165, 1.54) is 16.4 Å². The van der Waals surface area contributed by atoms with Gasteiger partial charge in [0.05, 0.1) is 23.7 Å². The van der Waals surface area contributed by atoms with Crippen molar-refractivity contribution in [1.29, 1.82) is 0 Å². The van der Waals surface area contributed by atoms with Gasteiger partial charge < -0.3 is 10.1 Å². The number of carbonyl (C=O) groups excluding carboxylic acids is 1. The molecule has 0 spiro atoms. The summed E-state index contributed by atoms with van der Waals surface area (Å²) in [6.45, 7) is 5.44. The number of nitrogens with one attached hydrogen (secondary N) is 1. The molecule has 0 fully saturated rings. The van der Waals surface area contributed by atoms with Crippen molar-refractivity contribution in [3.63, 3.8) is 0 Å². The quantitative estimate of drug-likeness (QED) is 0.493. The average molecular weight is 467 g/mol. The minimum Gasteiger partial charge on any atom is -0.497 e. The van der Waals surface area contributed by atoms with E-state index < -0.39 is 10.0 Å². The van der Waals surface area contributed by atoms with Crippen molar-refractivity contribution in [2.75, 3.05) is 18.0 Å². The number of benzene rings is 3. The first kappa shape index (κ1) is 24.3. The Hall–Kier alpha value is -3.32. The molecular weight excluding hydrogens is 436 g/mol. The van der Waals surface area contributed by atoms with Crippen LogP contribution in [0.2, 0.25) is 0 Å². The van der Waals surface area contributed by atoms with Crippen molar-refractivity contribution in [2.24, 2.45) is 0 Å². The van der Waals surface area contributed by atoms with Crippen LogP contribution in [-0.4, -0.2) is 28.0 Å². The van der Waals surface area contributed by atoms with Crippen LogP contribution in [0.1, 0.15) is 36.1 Å². The lowest BCUT2D eigenvalue weighted by Crippen LogP contribution is -2.42. The lowest BCUT2D eigenvalue weighted by molar-refractivity contribution is -0.120. The number of rotatable bonds is 9. The predicted molar refractivity (Wildman–Crippen MR) is 131 cm³/mol. The van der Waals surface area contributed by atoms with E-state index in [1.807, 2.05) is 57.2 Å². The van der Waals surface area contributed by atoms with Gasteiger partial charge in [-0.15, -0.1) is 0 Å². The second-order valence-corrected chi connectivity index (χ2v) is 9.78. The average Bonchev–Trinajstić information content (AvgIpc) is 2.82. The van der Waals surface area contributed by atoms with Gasteiger partial charge in [-0.2, -0.15) is 0 Å². The molecule has 6 nitrogen and oxygen atoms in total. The smallest absolute Gasteiger partial charge is 0.264 e. The van der Waals surface area contributed by atoms with E-state index in [0.717, 1.165) is 22.4 Å². The summed E-state index contributed by atoms with van der Waals surface area (Å²) in [6, 6.07) is 20.9. The predicted octanol–water partition coefficient (Wildman–Crippen LogP) is 4.77. The van der Waals surface area contributed by atoms with E-state index in [4.69, 9.17) is 4.74 Å². The molecule has 3 aromatic rings. The lowest BCUT2D eigenvalue weighted by Gasteiger charge is -2.27. The van der Waals surface area contributed by atoms with Crippen molar-refractivity contribution >= 4 is 21.6 Å². The van der Waals surface area contributed by atoms with E-state index in [2.05, 4.69) is 5.32 Å². The highest BCUT2D eigenvalue weighted by Crippen LogP contribution is 2.28. The number of methoxy groups -OCH3 is 1. The Morgan fingerprint density at radius 3 is 2.24 bits per heavy atom. The molecule has 3 rings (SSSR count). The minimum absolute atomic E-state index is 0.139. The monoisotopic (exact) mass is 466 g/mol. The molecule has 1 atom stereocenters. The molecular formula is C26H30N2O4S. The number of sulfonamides is 1. The molecule has 0 aromatic heterocycles. The Morgan fingerprint density at radius 2 is 1.67 bits per heavy atom. The summed E-state index contributed by atoms with van der Waals surface area (Å²) in [5.41, 5.74) is 3.21. The first-order chi connectivity index (χ1) is 15.8. The van der Waals surface area contributed by atoms with Crippen LogP contribution in [0, 0.1) is 13.8 Å². The number of nitrogens with zero attached hydrogens (tertiary/aromatic N) is 1.